The van der Waals surface area contributed by atoms with E-state index in [0.29, 0.717) is 0 Å². The summed E-state index contributed by atoms with van der Waals surface area (Å²) in [6, 6.07) is 25.5. The molecule has 4 aromatic carbocycles. The second-order valence-corrected chi connectivity index (χ2v) is 5.93. The molecule has 0 amide bonds. The minimum Gasteiger partial charge on any atom is -0.252 e. The van der Waals surface area contributed by atoms with Gasteiger partial charge < -0.3 is 0 Å². The summed E-state index contributed by atoms with van der Waals surface area (Å²) in [7, 11) is 0. The maximum Gasteiger partial charge on any atom is 0.0971 e. The van der Waals surface area contributed by atoms with E-state index in [0.717, 1.165) is 21.8 Å². The second kappa shape index (κ2) is 5.14. The van der Waals surface area contributed by atoms with Crippen molar-refractivity contribution in [1.29, 1.82) is 0 Å². The molecule has 2 nitrogen and oxygen atoms in total. The molecule has 0 aliphatic heterocycles. The Morgan fingerprint density at radius 2 is 1.08 bits per heavy atom. The van der Waals surface area contributed by atoms with E-state index < -0.39 is 0 Å². The molecule has 0 saturated heterocycles. The van der Waals surface area contributed by atoms with E-state index in [1.165, 1.54) is 21.9 Å². The van der Waals surface area contributed by atoms with Crippen LogP contribution in [0.4, 0.5) is 0 Å². The Bertz CT molecular complexity index is 1160. The molecule has 112 valence electrons. The lowest BCUT2D eigenvalue weighted by Gasteiger charge is -2.10. The molecule has 0 unspecified atom stereocenters. The highest BCUT2D eigenvalue weighted by atomic mass is 14.8. The molecule has 0 aliphatic carbocycles. The Kier molecular flexibility index (Phi) is 2.83. The van der Waals surface area contributed by atoms with Crippen LogP contribution in [0.15, 0.2) is 85.2 Å². The minimum absolute atomic E-state index is 0.964. The molecule has 5 aromatic rings. The molecule has 0 aliphatic rings. The number of aromatic nitrogens is 2. The highest BCUT2D eigenvalue weighted by Gasteiger charge is 2.10. The molecule has 1 heterocycles. The molecule has 0 saturated carbocycles. The quantitative estimate of drug-likeness (QED) is 0.376. The third kappa shape index (κ3) is 1.90. The van der Waals surface area contributed by atoms with E-state index >= 15 is 0 Å². The van der Waals surface area contributed by atoms with Crippen molar-refractivity contribution in [3.05, 3.63) is 85.2 Å². The first-order chi connectivity index (χ1) is 11.9. The highest BCUT2D eigenvalue weighted by Crippen LogP contribution is 2.35. The summed E-state index contributed by atoms with van der Waals surface area (Å²) in [5.74, 6) is 0. The number of rotatable bonds is 1. The van der Waals surface area contributed by atoms with Gasteiger partial charge in [0.15, 0.2) is 0 Å². The zero-order chi connectivity index (χ0) is 15.9. The number of hydrogen-bond donors (Lipinski definition) is 0. The lowest BCUT2D eigenvalue weighted by atomic mass is 9.95. The van der Waals surface area contributed by atoms with Crippen LogP contribution in [0.1, 0.15) is 0 Å². The summed E-state index contributed by atoms with van der Waals surface area (Å²) in [4.78, 5) is 9.18. The smallest absolute Gasteiger partial charge is 0.0971 e. The van der Waals surface area contributed by atoms with Gasteiger partial charge >= 0.3 is 0 Å². The fourth-order valence-corrected chi connectivity index (χ4v) is 3.44. The van der Waals surface area contributed by atoms with Gasteiger partial charge in [-0.15, -0.1) is 0 Å². The van der Waals surface area contributed by atoms with Crippen molar-refractivity contribution < 1.29 is 0 Å². The predicted octanol–water partition coefficient (Wildman–Crippen LogP) is 5.60. The predicted molar refractivity (Wildman–Crippen MR) is 100.0 cm³/mol. The lowest BCUT2D eigenvalue weighted by molar-refractivity contribution is 1.31. The fraction of sp³-hybridized carbons (Fsp3) is 0. The molecule has 2 heteroatoms. The van der Waals surface area contributed by atoms with Crippen LogP contribution in [0.25, 0.3) is 43.7 Å². The van der Waals surface area contributed by atoms with E-state index in [1.807, 2.05) is 6.07 Å². The summed E-state index contributed by atoms with van der Waals surface area (Å²) in [5.41, 5.74) is 4.37. The first kappa shape index (κ1) is 13.2. The van der Waals surface area contributed by atoms with Crippen molar-refractivity contribution in [2.45, 2.75) is 0 Å². The molecule has 1 aromatic heterocycles. The zero-order valence-electron chi connectivity index (χ0n) is 13.0. The number of benzene rings is 4. The van der Waals surface area contributed by atoms with Gasteiger partial charge in [-0.3, -0.25) is 9.97 Å². The van der Waals surface area contributed by atoms with Gasteiger partial charge in [0.05, 0.1) is 11.0 Å². The van der Waals surface area contributed by atoms with Gasteiger partial charge in [-0.2, -0.15) is 0 Å². The maximum atomic E-state index is 4.60. The Morgan fingerprint density at radius 3 is 1.83 bits per heavy atom. The second-order valence-electron chi connectivity index (χ2n) is 5.93. The van der Waals surface area contributed by atoms with Crippen LogP contribution in [-0.2, 0) is 0 Å². The normalized spacial score (nSPS) is 11.3. The lowest BCUT2D eigenvalue weighted by Crippen LogP contribution is -1.88. The van der Waals surface area contributed by atoms with Crippen molar-refractivity contribution in [1.82, 2.24) is 9.97 Å². The van der Waals surface area contributed by atoms with Gasteiger partial charge in [-0.05, 0) is 28.0 Å². The molecule has 0 N–H and O–H groups in total. The standard InChI is InChI=1S/C22H14N2/c1-2-6-15(7-3-1)16-10-11-19-20(14-16)17-8-4-5-9-18(17)21-22(19)24-13-12-23-21/h1-14H. The third-order valence-electron chi connectivity index (χ3n) is 4.55. The monoisotopic (exact) mass is 306 g/mol. The number of fused-ring (bicyclic) bond motifs is 6. The van der Waals surface area contributed by atoms with Crippen molar-refractivity contribution in [2.24, 2.45) is 0 Å². The third-order valence-corrected chi connectivity index (χ3v) is 4.55. The van der Waals surface area contributed by atoms with Gasteiger partial charge in [0.25, 0.3) is 0 Å². The Labute approximate surface area is 139 Å². The SMILES string of the molecule is c1ccc(-c2ccc3c(c2)c2ccccc2c2nccnc32)cc1. The van der Waals surface area contributed by atoms with Crippen LogP contribution in [0, 0.1) is 0 Å². The van der Waals surface area contributed by atoms with Crippen LogP contribution in [0.3, 0.4) is 0 Å². The number of hydrogen-bond acceptors (Lipinski definition) is 2. The van der Waals surface area contributed by atoms with Crippen molar-refractivity contribution in [2.75, 3.05) is 0 Å². The molecule has 24 heavy (non-hydrogen) atoms. The average Bonchev–Trinajstić information content (AvgIpc) is 2.68. The fourth-order valence-electron chi connectivity index (χ4n) is 3.44. The van der Waals surface area contributed by atoms with Crippen LogP contribution in [-0.4, -0.2) is 9.97 Å². The van der Waals surface area contributed by atoms with Gasteiger partial charge in [-0.1, -0.05) is 66.7 Å². The molecule has 5 rings (SSSR count). The molecule has 0 radical (unpaired) electrons. The molecule has 0 spiro atoms. The molecular formula is C22H14N2. The Hall–Kier alpha value is -3.26. The van der Waals surface area contributed by atoms with Crippen molar-refractivity contribution in [3.63, 3.8) is 0 Å². The van der Waals surface area contributed by atoms with Gasteiger partial charge in [-0.25, -0.2) is 0 Å². The van der Waals surface area contributed by atoms with Crippen LogP contribution in [0.5, 0.6) is 0 Å². The number of nitrogens with zero attached hydrogens (tertiary/aromatic N) is 2. The van der Waals surface area contributed by atoms with E-state index in [-0.39, 0.29) is 0 Å². The summed E-state index contributed by atoms with van der Waals surface area (Å²) in [5, 5.41) is 4.74. The van der Waals surface area contributed by atoms with Gasteiger partial charge in [0.2, 0.25) is 0 Å². The van der Waals surface area contributed by atoms with Crippen LogP contribution >= 0.6 is 0 Å². The molecule has 0 atom stereocenters. The van der Waals surface area contributed by atoms with E-state index in [9.17, 15) is 0 Å². The van der Waals surface area contributed by atoms with Crippen LogP contribution in [0.2, 0.25) is 0 Å². The average molecular weight is 306 g/mol. The van der Waals surface area contributed by atoms with Gasteiger partial charge in [0.1, 0.15) is 0 Å². The first-order valence-corrected chi connectivity index (χ1v) is 8.02. The van der Waals surface area contributed by atoms with Crippen molar-refractivity contribution >= 4 is 32.6 Å². The molecule has 0 fully saturated rings. The first-order valence-electron chi connectivity index (χ1n) is 8.02. The summed E-state index contributed by atoms with van der Waals surface area (Å²) < 4.78 is 0. The molecule has 0 bridgehead atoms. The topological polar surface area (TPSA) is 25.8 Å². The Balaban J connectivity index is 1.96. The van der Waals surface area contributed by atoms with Gasteiger partial charge in [0, 0.05) is 23.2 Å². The van der Waals surface area contributed by atoms with Crippen molar-refractivity contribution in [3.8, 4) is 11.1 Å². The Morgan fingerprint density at radius 1 is 0.458 bits per heavy atom. The highest BCUT2D eigenvalue weighted by molar-refractivity contribution is 6.23. The van der Waals surface area contributed by atoms with E-state index in [4.69, 9.17) is 0 Å². The van der Waals surface area contributed by atoms with E-state index in [1.54, 1.807) is 12.4 Å². The largest absolute Gasteiger partial charge is 0.252 e. The summed E-state index contributed by atoms with van der Waals surface area (Å²) in [6.45, 7) is 0. The van der Waals surface area contributed by atoms with Crippen LogP contribution < -0.4 is 0 Å². The zero-order valence-corrected chi connectivity index (χ0v) is 13.0. The summed E-state index contributed by atoms with van der Waals surface area (Å²) >= 11 is 0. The maximum absolute atomic E-state index is 4.60. The summed E-state index contributed by atoms with van der Waals surface area (Å²) in [6.07, 6.45) is 3.53. The molecular weight excluding hydrogens is 292 g/mol. The minimum atomic E-state index is 0.964. The van der Waals surface area contributed by atoms with E-state index in [2.05, 4.69) is 76.7 Å².